The summed E-state index contributed by atoms with van der Waals surface area (Å²) in [7, 11) is 0. The van der Waals surface area contributed by atoms with Gasteiger partial charge in [0.2, 0.25) is 5.91 Å². The number of carboxylic acids is 1. The van der Waals surface area contributed by atoms with Gasteiger partial charge in [0.25, 0.3) is 0 Å². The zero-order chi connectivity index (χ0) is 15.5. The SMILES string of the molecule is O=C(O)CN(CC1CC1)C1CC(NC(=O)C2CSCCS2)C1. The molecule has 1 aliphatic heterocycles. The number of nitrogens with one attached hydrogen (secondary N) is 1. The molecule has 3 rings (SSSR count). The van der Waals surface area contributed by atoms with Crippen molar-refractivity contribution in [3.63, 3.8) is 0 Å². The second-order valence-electron chi connectivity index (χ2n) is 6.53. The third-order valence-corrected chi connectivity index (χ3v) is 7.37. The summed E-state index contributed by atoms with van der Waals surface area (Å²) in [6.07, 6.45) is 4.27. The first-order chi connectivity index (χ1) is 10.6. The normalized spacial score (nSPS) is 31.6. The maximum absolute atomic E-state index is 12.2. The van der Waals surface area contributed by atoms with Gasteiger partial charge in [-0.3, -0.25) is 14.5 Å². The molecule has 5 nitrogen and oxygen atoms in total. The van der Waals surface area contributed by atoms with E-state index in [0.717, 1.165) is 36.6 Å². The van der Waals surface area contributed by atoms with Crippen LogP contribution in [0.3, 0.4) is 0 Å². The van der Waals surface area contributed by atoms with Gasteiger partial charge < -0.3 is 10.4 Å². The molecule has 2 saturated carbocycles. The fourth-order valence-electron chi connectivity index (χ4n) is 3.09. The van der Waals surface area contributed by atoms with Crippen LogP contribution >= 0.6 is 23.5 Å². The largest absolute Gasteiger partial charge is 0.480 e. The van der Waals surface area contributed by atoms with Gasteiger partial charge in [-0.15, -0.1) is 11.8 Å². The molecule has 3 aliphatic rings. The Morgan fingerprint density at radius 1 is 1.23 bits per heavy atom. The van der Waals surface area contributed by atoms with Crippen LogP contribution < -0.4 is 5.32 Å². The third-order valence-electron chi connectivity index (χ3n) is 4.61. The molecule has 0 aromatic rings. The van der Waals surface area contributed by atoms with Crippen molar-refractivity contribution >= 4 is 35.4 Å². The Bertz CT molecular complexity index is 419. The molecule has 0 aromatic heterocycles. The first-order valence-electron chi connectivity index (χ1n) is 8.07. The first kappa shape index (κ1) is 16.5. The van der Waals surface area contributed by atoms with Crippen LogP contribution in [0, 0.1) is 5.92 Å². The summed E-state index contributed by atoms with van der Waals surface area (Å²) in [5.74, 6) is 3.24. The summed E-state index contributed by atoms with van der Waals surface area (Å²) in [4.78, 5) is 25.3. The quantitative estimate of drug-likeness (QED) is 0.725. The van der Waals surface area contributed by atoms with Crippen LogP contribution in [-0.2, 0) is 9.59 Å². The molecule has 1 atom stereocenters. The maximum Gasteiger partial charge on any atom is 0.317 e. The minimum Gasteiger partial charge on any atom is -0.480 e. The van der Waals surface area contributed by atoms with Crippen LogP contribution in [0.25, 0.3) is 0 Å². The monoisotopic (exact) mass is 344 g/mol. The van der Waals surface area contributed by atoms with Crippen molar-refractivity contribution in [2.75, 3.05) is 30.3 Å². The standard InChI is InChI=1S/C15H24N2O3S2/c18-14(19)8-17(7-10-1-2-10)12-5-11(6-12)16-15(20)13-9-21-3-4-22-13/h10-13H,1-9H2,(H,16,20)(H,18,19). The van der Waals surface area contributed by atoms with E-state index in [1.165, 1.54) is 12.8 Å². The van der Waals surface area contributed by atoms with Crippen molar-refractivity contribution in [3.05, 3.63) is 0 Å². The number of rotatable bonds is 7. The number of hydrogen-bond donors (Lipinski definition) is 2. The zero-order valence-corrected chi connectivity index (χ0v) is 14.3. The average molecular weight is 345 g/mol. The number of nitrogens with zero attached hydrogens (tertiary/aromatic N) is 1. The zero-order valence-electron chi connectivity index (χ0n) is 12.7. The Morgan fingerprint density at radius 2 is 2.00 bits per heavy atom. The van der Waals surface area contributed by atoms with Gasteiger partial charge in [0.15, 0.2) is 0 Å². The van der Waals surface area contributed by atoms with Crippen molar-refractivity contribution in [2.24, 2.45) is 5.92 Å². The van der Waals surface area contributed by atoms with Crippen LogP contribution in [-0.4, -0.2) is 69.6 Å². The van der Waals surface area contributed by atoms with Gasteiger partial charge in [0, 0.05) is 35.9 Å². The number of amides is 1. The van der Waals surface area contributed by atoms with E-state index in [2.05, 4.69) is 10.2 Å². The summed E-state index contributed by atoms with van der Waals surface area (Å²) < 4.78 is 0. The molecule has 124 valence electrons. The van der Waals surface area contributed by atoms with E-state index in [1.54, 1.807) is 11.8 Å². The lowest BCUT2D eigenvalue weighted by atomic mass is 9.85. The van der Waals surface area contributed by atoms with Crippen LogP contribution in [0.1, 0.15) is 25.7 Å². The van der Waals surface area contributed by atoms with Gasteiger partial charge >= 0.3 is 5.97 Å². The molecule has 1 amide bonds. The Hall–Kier alpha value is -0.400. The van der Waals surface area contributed by atoms with Gasteiger partial charge in [-0.1, -0.05) is 0 Å². The van der Waals surface area contributed by atoms with Crippen LogP contribution in [0.4, 0.5) is 0 Å². The molecule has 7 heteroatoms. The number of thioether (sulfide) groups is 2. The number of carboxylic acid groups (broad SMARTS) is 1. The second kappa shape index (κ2) is 7.45. The smallest absolute Gasteiger partial charge is 0.317 e. The lowest BCUT2D eigenvalue weighted by Gasteiger charge is -2.43. The fraction of sp³-hybridized carbons (Fsp3) is 0.867. The Morgan fingerprint density at radius 3 is 2.59 bits per heavy atom. The van der Waals surface area contributed by atoms with Crippen molar-refractivity contribution < 1.29 is 14.7 Å². The molecule has 0 spiro atoms. The molecule has 0 bridgehead atoms. The third kappa shape index (κ3) is 4.55. The molecule has 0 radical (unpaired) electrons. The predicted octanol–water partition coefficient (Wildman–Crippen LogP) is 1.28. The minimum absolute atomic E-state index is 0.0967. The van der Waals surface area contributed by atoms with E-state index in [4.69, 9.17) is 5.11 Å². The van der Waals surface area contributed by atoms with E-state index in [0.29, 0.717) is 12.0 Å². The van der Waals surface area contributed by atoms with Crippen LogP contribution in [0.5, 0.6) is 0 Å². The fourth-order valence-corrected chi connectivity index (χ4v) is 5.65. The van der Waals surface area contributed by atoms with Gasteiger partial charge in [0.1, 0.15) is 0 Å². The highest BCUT2D eigenvalue weighted by molar-refractivity contribution is 8.07. The van der Waals surface area contributed by atoms with Gasteiger partial charge in [-0.05, 0) is 31.6 Å². The molecule has 22 heavy (non-hydrogen) atoms. The topological polar surface area (TPSA) is 69.6 Å². The molecule has 1 saturated heterocycles. The maximum atomic E-state index is 12.2. The van der Waals surface area contributed by atoms with Crippen molar-refractivity contribution in [1.82, 2.24) is 10.2 Å². The van der Waals surface area contributed by atoms with Gasteiger partial charge in [-0.25, -0.2) is 0 Å². The number of aliphatic carboxylic acids is 1. The average Bonchev–Trinajstić information content (AvgIpc) is 3.26. The molecule has 2 N–H and O–H groups in total. The molecular weight excluding hydrogens is 320 g/mol. The predicted molar refractivity (Wildman–Crippen MR) is 90.5 cm³/mol. The second-order valence-corrected chi connectivity index (χ2v) is 8.99. The minimum atomic E-state index is -0.747. The van der Waals surface area contributed by atoms with E-state index in [-0.39, 0.29) is 23.7 Å². The molecule has 3 fully saturated rings. The molecule has 2 aliphatic carbocycles. The molecule has 0 aromatic carbocycles. The highest BCUT2D eigenvalue weighted by Crippen LogP contribution is 2.34. The highest BCUT2D eigenvalue weighted by atomic mass is 32.2. The van der Waals surface area contributed by atoms with E-state index in [1.807, 2.05) is 11.8 Å². The lowest BCUT2D eigenvalue weighted by molar-refractivity contribution is -0.140. The Kier molecular flexibility index (Phi) is 5.57. The van der Waals surface area contributed by atoms with E-state index < -0.39 is 5.97 Å². The van der Waals surface area contributed by atoms with Crippen molar-refractivity contribution in [2.45, 2.75) is 43.0 Å². The summed E-state index contributed by atoms with van der Waals surface area (Å²) in [6, 6.07) is 0.566. The summed E-state index contributed by atoms with van der Waals surface area (Å²) in [5.41, 5.74) is 0. The Labute approximate surface area is 140 Å². The van der Waals surface area contributed by atoms with Crippen LogP contribution in [0.15, 0.2) is 0 Å². The van der Waals surface area contributed by atoms with E-state index >= 15 is 0 Å². The summed E-state index contributed by atoms with van der Waals surface area (Å²) in [5, 5.41) is 12.3. The number of hydrogen-bond acceptors (Lipinski definition) is 5. The van der Waals surface area contributed by atoms with Crippen molar-refractivity contribution in [1.29, 1.82) is 0 Å². The summed E-state index contributed by atoms with van der Waals surface area (Å²) >= 11 is 3.61. The number of carbonyl (C=O) groups is 2. The molecule has 1 heterocycles. The van der Waals surface area contributed by atoms with Crippen LogP contribution in [0.2, 0.25) is 0 Å². The first-order valence-corrected chi connectivity index (χ1v) is 10.3. The van der Waals surface area contributed by atoms with E-state index in [9.17, 15) is 9.59 Å². The lowest BCUT2D eigenvalue weighted by Crippen LogP contribution is -2.56. The van der Waals surface area contributed by atoms with Gasteiger partial charge in [-0.2, -0.15) is 11.8 Å². The molecular formula is C15H24N2O3S2. The van der Waals surface area contributed by atoms with Crippen molar-refractivity contribution in [3.8, 4) is 0 Å². The van der Waals surface area contributed by atoms with Gasteiger partial charge in [0.05, 0.1) is 11.8 Å². The highest BCUT2D eigenvalue weighted by Gasteiger charge is 2.38. The summed E-state index contributed by atoms with van der Waals surface area (Å²) in [6.45, 7) is 1.05. The number of carbonyl (C=O) groups excluding carboxylic acids is 1. The molecule has 1 unspecified atom stereocenters. The Balaban J connectivity index is 1.41.